The minimum absolute atomic E-state index is 0.142. The summed E-state index contributed by atoms with van der Waals surface area (Å²) < 4.78 is 0. The number of nitriles is 1. The molecule has 136 valence electrons. The van der Waals surface area contributed by atoms with Crippen molar-refractivity contribution >= 4 is 23.1 Å². The van der Waals surface area contributed by atoms with E-state index in [0.717, 1.165) is 0 Å². The lowest BCUT2D eigenvalue weighted by molar-refractivity contribution is -0.384. The number of aromatic amines is 1. The second-order valence-corrected chi connectivity index (χ2v) is 5.64. The summed E-state index contributed by atoms with van der Waals surface area (Å²) in [5.74, 6) is -0.223. The van der Waals surface area contributed by atoms with Crippen LogP contribution < -0.4 is 16.0 Å². The van der Waals surface area contributed by atoms with E-state index in [1.54, 1.807) is 24.1 Å². The lowest BCUT2D eigenvalue weighted by Gasteiger charge is -2.19. The number of nitro groups is 1. The molecule has 0 fully saturated rings. The van der Waals surface area contributed by atoms with E-state index in [2.05, 4.69) is 15.5 Å². The molecular weight excluding hydrogens is 338 g/mol. The number of hydrogen-bond acceptors (Lipinski definition) is 7. The molecule has 1 heterocycles. The van der Waals surface area contributed by atoms with Gasteiger partial charge in [-0.3, -0.25) is 20.0 Å². The van der Waals surface area contributed by atoms with E-state index in [4.69, 9.17) is 11.0 Å². The maximum absolute atomic E-state index is 11.7. The maximum atomic E-state index is 11.7. The van der Waals surface area contributed by atoms with Gasteiger partial charge in [-0.25, -0.2) is 0 Å². The summed E-state index contributed by atoms with van der Waals surface area (Å²) in [7, 11) is 3.19. The summed E-state index contributed by atoms with van der Waals surface area (Å²) in [5.41, 5.74) is 7.06. The highest BCUT2D eigenvalue weighted by atomic mass is 16.6. The van der Waals surface area contributed by atoms with Crippen molar-refractivity contribution in [1.82, 2.24) is 15.5 Å². The highest BCUT2D eigenvalue weighted by molar-refractivity contribution is 5.95. The Morgan fingerprint density at radius 3 is 2.88 bits per heavy atom. The van der Waals surface area contributed by atoms with Crippen molar-refractivity contribution in [1.29, 1.82) is 5.26 Å². The summed E-state index contributed by atoms with van der Waals surface area (Å²) in [6.07, 6.45) is 1.16. The van der Waals surface area contributed by atoms with Crippen molar-refractivity contribution in [2.24, 2.45) is 0 Å². The Balaban J connectivity index is 2.11. The number of nitrogen functional groups attached to an aromatic ring is 1. The predicted molar refractivity (Wildman–Crippen MR) is 95.8 cm³/mol. The van der Waals surface area contributed by atoms with Gasteiger partial charge in [0.25, 0.3) is 11.6 Å². The summed E-state index contributed by atoms with van der Waals surface area (Å²) >= 11 is 0. The van der Waals surface area contributed by atoms with Crippen molar-refractivity contribution in [2.45, 2.75) is 12.8 Å². The van der Waals surface area contributed by atoms with Gasteiger partial charge in [0, 0.05) is 32.3 Å². The lowest BCUT2D eigenvalue weighted by Crippen LogP contribution is -2.22. The van der Waals surface area contributed by atoms with E-state index in [9.17, 15) is 14.9 Å². The number of amides is 1. The minimum atomic E-state index is -0.512. The minimum Gasteiger partial charge on any atom is -0.381 e. The predicted octanol–water partition coefficient (Wildman–Crippen LogP) is 1.20. The fourth-order valence-corrected chi connectivity index (χ4v) is 2.59. The van der Waals surface area contributed by atoms with E-state index in [-0.39, 0.29) is 23.0 Å². The zero-order valence-electron chi connectivity index (χ0n) is 14.4. The number of nitrogens with two attached hydrogens (primary N) is 1. The van der Waals surface area contributed by atoms with Crippen LogP contribution in [-0.4, -0.2) is 41.7 Å². The van der Waals surface area contributed by atoms with E-state index in [1.807, 2.05) is 6.07 Å². The Kier molecular flexibility index (Phi) is 5.74. The van der Waals surface area contributed by atoms with Gasteiger partial charge < -0.3 is 16.0 Å². The smallest absolute Gasteiger partial charge is 0.293 e. The fraction of sp³-hybridized carbons (Fsp3) is 0.312. The highest BCUT2D eigenvalue weighted by Crippen LogP contribution is 2.29. The zero-order chi connectivity index (χ0) is 19.3. The second kappa shape index (κ2) is 7.98. The summed E-state index contributed by atoms with van der Waals surface area (Å²) in [6, 6.07) is 6.35. The largest absolute Gasteiger partial charge is 0.381 e. The first-order valence-corrected chi connectivity index (χ1v) is 7.83. The summed E-state index contributed by atoms with van der Waals surface area (Å²) in [4.78, 5) is 24.2. The number of benzene rings is 1. The van der Waals surface area contributed by atoms with Crippen molar-refractivity contribution in [3.63, 3.8) is 0 Å². The molecule has 2 aromatic rings. The van der Waals surface area contributed by atoms with Crippen LogP contribution in [0.2, 0.25) is 0 Å². The monoisotopic (exact) mass is 357 g/mol. The molecule has 0 aliphatic heterocycles. The first-order valence-electron chi connectivity index (χ1n) is 7.83. The number of rotatable bonds is 7. The van der Waals surface area contributed by atoms with Crippen LogP contribution in [0.25, 0.3) is 0 Å². The van der Waals surface area contributed by atoms with Gasteiger partial charge >= 0.3 is 0 Å². The third-order valence-electron chi connectivity index (χ3n) is 3.97. The van der Waals surface area contributed by atoms with Gasteiger partial charge in [0.05, 0.1) is 10.6 Å². The van der Waals surface area contributed by atoms with Crippen molar-refractivity contribution < 1.29 is 9.72 Å². The first-order chi connectivity index (χ1) is 12.4. The van der Waals surface area contributed by atoms with Crippen LogP contribution in [0.4, 0.5) is 17.2 Å². The molecule has 0 saturated heterocycles. The van der Waals surface area contributed by atoms with Crippen molar-refractivity contribution in [3.05, 3.63) is 45.1 Å². The van der Waals surface area contributed by atoms with Crippen LogP contribution in [0, 0.1) is 21.4 Å². The van der Waals surface area contributed by atoms with E-state index in [0.29, 0.717) is 36.3 Å². The molecule has 2 rings (SSSR count). The molecular formula is C16H19N7O3. The van der Waals surface area contributed by atoms with E-state index >= 15 is 0 Å². The Hall–Kier alpha value is -3.61. The van der Waals surface area contributed by atoms with Crippen LogP contribution in [-0.2, 0) is 6.42 Å². The fourth-order valence-electron chi connectivity index (χ4n) is 2.59. The number of carbonyl (C=O) groups is 1. The molecule has 0 radical (unpaired) electrons. The summed E-state index contributed by atoms with van der Waals surface area (Å²) in [5, 5.41) is 29.4. The zero-order valence-corrected chi connectivity index (χ0v) is 14.4. The number of carbonyl (C=O) groups excluding carboxylic acids is 1. The van der Waals surface area contributed by atoms with Gasteiger partial charge in [0.15, 0.2) is 5.82 Å². The molecule has 1 aromatic heterocycles. The van der Waals surface area contributed by atoms with E-state index < -0.39 is 4.92 Å². The number of H-pyrrole nitrogens is 1. The number of nitrogens with one attached hydrogen (secondary N) is 2. The average molecular weight is 357 g/mol. The molecule has 0 spiro atoms. The standard InChI is InChI=1S/C16H19N7O3/c1-19-16(24)10-5-6-13(14(8-10)23(25)26)22(2)7-3-4-12-11(9-17)15(18)21-20-12/h5-6,8H,3-4,7H2,1-2H3,(H,19,24)(H3,18,20,21). The summed E-state index contributed by atoms with van der Waals surface area (Å²) in [6.45, 7) is 0.504. The SMILES string of the molecule is CNC(=O)c1ccc(N(C)CCCc2[nH]nc(N)c2C#N)c([N+](=O)[O-])c1. The number of nitrogens with zero attached hydrogens (tertiary/aromatic N) is 4. The first kappa shape index (κ1) is 18.7. The second-order valence-electron chi connectivity index (χ2n) is 5.64. The van der Waals surface area contributed by atoms with Crippen LogP contribution in [0.15, 0.2) is 18.2 Å². The molecule has 0 saturated carbocycles. The van der Waals surface area contributed by atoms with Crippen LogP contribution in [0.3, 0.4) is 0 Å². The molecule has 0 atom stereocenters. The lowest BCUT2D eigenvalue weighted by atomic mass is 10.1. The number of aromatic nitrogens is 2. The maximum Gasteiger partial charge on any atom is 0.293 e. The van der Waals surface area contributed by atoms with Crippen LogP contribution in [0.5, 0.6) is 0 Å². The molecule has 0 aliphatic carbocycles. The average Bonchev–Trinajstić information content (AvgIpc) is 2.99. The molecule has 0 bridgehead atoms. The van der Waals surface area contributed by atoms with E-state index in [1.165, 1.54) is 13.1 Å². The molecule has 26 heavy (non-hydrogen) atoms. The van der Waals surface area contributed by atoms with Crippen LogP contribution in [0.1, 0.15) is 28.0 Å². The number of hydrogen-bond donors (Lipinski definition) is 3. The molecule has 10 heteroatoms. The van der Waals surface area contributed by atoms with Gasteiger partial charge in [-0.15, -0.1) is 0 Å². The van der Waals surface area contributed by atoms with Crippen molar-refractivity contribution in [2.75, 3.05) is 31.3 Å². The molecule has 1 aromatic carbocycles. The topological polar surface area (TPSA) is 154 Å². The molecule has 4 N–H and O–H groups in total. The molecule has 0 unspecified atom stereocenters. The molecule has 0 aliphatic rings. The molecule has 1 amide bonds. The Bertz CT molecular complexity index is 869. The number of anilines is 2. The van der Waals surface area contributed by atoms with Gasteiger partial charge in [-0.2, -0.15) is 10.4 Å². The van der Waals surface area contributed by atoms with Gasteiger partial charge in [-0.1, -0.05) is 0 Å². The Labute approximate surface area is 149 Å². The third-order valence-corrected chi connectivity index (χ3v) is 3.97. The Morgan fingerprint density at radius 1 is 1.54 bits per heavy atom. The van der Waals surface area contributed by atoms with Crippen molar-refractivity contribution in [3.8, 4) is 6.07 Å². The van der Waals surface area contributed by atoms with Gasteiger partial charge in [-0.05, 0) is 25.0 Å². The van der Waals surface area contributed by atoms with Crippen LogP contribution >= 0.6 is 0 Å². The number of nitro benzene ring substituents is 1. The normalized spacial score (nSPS) is 10.2. The quantitative estimate of drug-likeness (QED) is 0.497. The Morgan fingerprint density at radius 2 is 2.27 bits per heavy atom. The van der Waals surface area contributed by atoms with Gasteiger partial charge in [0.2, 0.25) is 0 Å². The number of aryl methyl sites for hydroxylation is 1. The molecule has 10 nitrogen and oxygen atoms in total. The third kappa shape index (κ3) is 3.89. The van der Waals surface area contributed by atoms with Gasteiger partial charge in [0.1, 0.15) is 17.3 Å². The highest BCUT2D eigenvalue weighted by Gasteiger charge is 2.20.